The molecule has 0 bridgehead atoms. The summed E-state index contributed by atoms with van der Waals surface area (Å²) in [6.45, 7) is -0.207. The Morgan fingerprint density at radius 3 is 2.38 bits per heavy atom. The molecule has 0 aliphatic rings. The average molecular weight is 454 g/mol. The number of carboxylic acids is 2. The van der Waals surface area contributed by atoms with Crippen molar-refractivity contribution >= 4 is 40.7 Å². The third-order valence-corrected chi connectivity index (χ3v) is 5.45. The fourth-order valence-corrected chi connectivity index (χ4v) is 3.73. The fourth-order valence-electron chi connectivity index (χ4n) is 2.78. The highest BCUT2D eigenvalue weighted by molar-refractivity contribution is 7.18. The Hall–Kier alpha value is -4.18. The Labute approximate surface area is 185 Å². The first kappa shape index (κ1) is 22.5. The van der Waals surface area contributed by atoms with E-state index in [9.17, 15) is 29.4 Å². The van der Waals surface area contributed by atoms with Crippen molar-refractivity contribution in [1.29, 1.82) is 0 Å². The number of aliphatic carboxylic acids is 1. The third-order valence-electron chi connectivity index (χ3n) is 4.28. The molecule has 0 aliphatic heterocycles. The van der Waals surface area contributed by atoms with E-state index in [2.05, 4.69) is 0 Å². The molecule has 1 heterocycles. The second-order valence-electron chi connectivity index (χ2n) is 6.34. The van der Waals surface area contributed by atoms with Gasteiger partial charge < -0.3 is 29.8 Å². The number of carboxylic acid groups (broad SMARTS) is 2. The Morgan fingerprint density at radius 1 is 1.06 bits per heavy atom. The zero-order chi connectivity index (χ0) is 23.3. The number of hydrogen-bond donors (Lipinski definition) is 2. The van der Waals surface area contributed by atoms with Crippen molar-refractivity contribution in [3.05, 3.63) is 65.0 Å². The fraction of sp³-hybridized carbons (Fsp3) is 0.0909. The molecule has 3 aromatic rings. The highest BCUT2D eigenvalue weighted by Crippen LogP contribution is 2.35. The number of rotatable bonds is 8. The first-order valence-electron chi connectivity index (χ1n) is 9.09. The molecule has 0 radical (unpaired) electrons. The maximum atomic E-state index is 12.4. The Kier molecular flexibility index (Phi) is 6.86. The SMILES string of the molecule is COc1ccccc1C(=O)COc1ccc(-c2cc(NC(=O)C(=O)[O-])c(C(=O)O)s2)cc1. The predicted octanol–water partition coefficient (Wildman–Crippen LogP) is 2.07. The van der Waals surface area contributed by atoms with Crippen molar-refractivity contribution in [2.24, 2.45) is 0 Å². The van der Waals surface area contributed by atoms with Gasteiger partial charge in [0.15, 0.2) is 6.61 Å². The zero-order valence-corrected chi connectivity index (χ0v) is 17.4. The first-order valence-corrected chi connectivity index (χ1v) is 9.90. The molecule has 10 heteroatoms. The molecule has 2 N–H and O–H groups in total. The van der Waals surface area contributed by atoms with Crippen LogP contribution in [0.4, 0.5) is 5.69 Å². The molecule has 32 heavy (non-hydrogen) atoms. The average Bonchev–Trinajstić information content (AvgIpc) is 3.21. The summed E-state index contributed by atoms with van der Waals surface area (Å²) in [5.41, 5.74) is 0.863. The summed E-state index contributed by atoms with van der Waals surface area (Å²) in [4.78, 5) is 46.0. The molecule has 0 aliphatic carbocycles. The molecule has 0 saturated carbocycles. The van der Waals surface area contributed by atoms with E-state index in [0.717, 1.165) is 11.3 Å². The standard InChI is InChI=1S/C22H17NO8S/c1-30-17-5-3-2-4-14(17)16(24)11-31-13-8-6-12(7-9-13)18-10-15(19(32-18)21(26)27)23-20(25)22(28)29/h2-10H,11H2,1H3,(H,23,25)(H,26,27)(H,28,29)/p-1. The second kappa shape index (κ2) is 9.75. The van der Waals surface area contributed by atoms with Gasteiger partial charge in [0.05, 0.1) is 18.4 Å². The first-order chi connectivity index (χ1) is 15.3. The van der Waals surface area contributed by atoms with Gasteiger partial charge in [0.2, 0.25) is 5.78 Å². The monoisotopic (exact) mass is 454 g/mol. The van der Waals surface area contributed by atoms with Gasteiger partial charge in [-0.2, -0.15) is 0 Å². The van der Waals surface area contributed by atoms with Crippen LogP contribution in [0, 0.1) is 0 Å². The number of para-hydroxylation sites is 1. The Bertz CT molecular complexity index is 1180. The van der Waals surface area contributed by atoms with Crippen molar-refractivity contribution < 1.29 is 38.9 Å². The van der Waals surface area contributed by atoms with E-state index in [1.807, 2.05) is 5.32 Å². The molecule has 1 amide bonds. The van der Waals surface area contributed by atoms with Gasteiger partial charge in [0.1, 0.15) is 22.3 Å². The largest absolute Gasteiger partial charge is 0.540 e. The smallest absolute Gasteiger partial charge is 0.348 e. The number of ether oxygens (including phenoxy) is 2. The van der Waals surface area contributed by atoms with E-state index in [-0.39, 0.29) is 23.0 Å². The number of methoxy groups -OCH3 is 1. The highest BCUT2D eigenvalue weighted by Gasteiger charge is 2.19. The molecule has 0 unspecified atom stereocenters. The lowest BCUT2D eigenvalue weighted by molar-refractivity contribution is -0.299. The number of amides is 1. The Morgan fingerprint density at radius 2 is 1.75 bits per heavy atom. The van der Waals surface area contributed by atoms with E-state index in [0.29, 0.717) is 27.5 Å². The summed E-state index contributed by atoms with van der Waals surface area (Å²) >= 11 is 0.863. The summed E-state index contributed by atoms with van der Waals surface area (Å²) < 4.78 is 10.7. The number of hydrogen-bond acceptors (Lipinski definition) is 8. The van der Waals surface area contributed by atoms with Crippen molar-refractivity contribution in [3.63, 3.8) is 0 Å². The minimum absolute atomic E-state index is 0.144. The molecule has 0 saturated heterocycles. The van der Waals surface area contributed by atoms with Gasteiger partial charge in [0, 0.05) is 4.88 Å². The van der Waals surface area contributed by atoms with Gasteiger partial charge in [-0.1, -0.05) is 12.1 Å². The normalized spacial score (nSPS) is 10.3. The number of carbonyl (C=O) groups excluding carboxylic acids is 3. The summed E-state index contributed by atoms with van der Waals surface area (Å²) in [6.07, 6.45) is 0. The number of carbonyl (C=O) groups is 4. The molecule has 0 fully saturated rings. The van der Waals surface area contributed by atoms with Crippen LogP contribution in [0.5, 0.6) is 11.5 Å². The number of aromatic carboxylic acids is 1. The maximum absolute atomic E-state index is 12.4. The zero-order valence-electron chi connectivity index (χ0n) is 16.6. The van der Waals surface area contributed by atoms with Crippen molar-refractivity contribution in [1.82, 2.24) is 0 Å². The van der Waals surface area contributed by atoms with E-state index in [1.165, 1.54) is 13.2 Å². The van der Waals surface area contributed by atoms with Crippen molar-refractivity contribution in [2.45, 2.75) is 0 Å². The van der Waals surface area contributed by atoms with Crippen LogP contribution >= 0.6 is 11.3 Å². The number of nitrogens with one attached hydrogen (secondary N) is 1. The lowest BCUT2D eigenvalue weighted by atomic mass is 10.1. The molecular formula is C22H16NO8S-. The lowest BCUT2D eigenvalue weighted by Crippen LogP contribution is -2.36. The number of anilines is 1. The predicted molar refractivity (Wildman–Crippen MR) is 113 cm³/mol. The number of Topliss-reactive ketones (excluding diaryl/α,β-unsaturated/α-hetero) is 1. The molecule has 2 aromatic carbocycles. The number of thiophene rings is 1. The lowest BCUT2D eigenvalue weighted by Gasteiger charge is -2.09. The number of ketones is 1. The topological polar surface area (TPSA) is 142 Å². The van der Waals surface area contributed by atoms with Crippen LogP contribution in [0.15, 0.2) is 54.6 Å². The second-order valence-corrected chi connectivity index (χ2v) is 7.39. The summed E-state index contributed by atoms with van der Waals surface area (Å²) in [6, 6.07) is 14.6. The third kappa shape index (κ3) is 5.10. The quantitative estimate of drug-likeness (QED) is 0.389. The van der Waals surface area contributed by atoms with Crippen molar-refractivity contribution in [2.75, 3.05) is 19.0 Å². The van der Waals surface area contributed by atoms with Crippen LogP contribution in [-0.4, -0.2) is 42.5 Å². The van der Waals surface area contributed by atoms with Gasteiger partial charge in [-0.3, -0.25) is 9.59 Å². The van der Waals surface area contributed by atoms with Crippen molar-refractivity contribution in [3.8, 4) is 21.9 Å². The maximum Gasteiger partial charge on any atom is 0.348 e. The van der Waals surface area contributed by atoms with Crippen LogP contribution in [0.25, 0.3) is 10.4 Å². The van der Waals surface area contributed by atoms with E-state index in [4.69, 9.17) is 9.47 Å². The molecular weight excluding hydrogens is 438 g/mol. The molecule has 0 atom stereocenters. The summed E-state index contributed by atoms with van der Waals surface area (Å²) in [7, 11) is 1.47. The molecule has 3 rings (SSSR count). The molecule has 0 spiro atoms. The van der Waals surface area contributed by atoms with Gasteiger partial charge in [0.25, 0.3) is 5.91 Å². The van der Waals surface area contributed by atoms with Gasteiger partial charge >= 0.3 is 5.97 Å². The van der Waals surface area contributed by atoms with E-state index in [1.54, 1.807) is 48.5 Å². The Balaban J connectivity index is 1.73. The molecule has 164 valence electrons. The highest BCUT2D eigenvalue weighted by atomic mass is 32.1. The van der Waals surface area contributed by atoms with Crippen LogP contribution in [0.3, 0.4) is 0 Å². The summed E-state index contributed by atoms with van der Waals surface area (Å²) in [5.74, 6) is -4.13. The molecule has 1 aromatic heterocycles. The van der Waals surface area contributed by atoms with Crippen LogP contribution < -0.4 is 19.9 Å². The van der Waals surface area contributed by atoms with Crippen LogP contribution in [0.1, 0.15) is 20.0 Å². The number of benzene rings is 2. The molecule has 9 nitrogen and oxygen atoms in total. The summed E-state index contributed by atoms with van der Waals surface area (Å²) in [5, 5.41) is 21.9. The van der Waals surface area contributed by atoms with Gasteiger partial charge in [-0.05, 0) is 48.0 Å². The minimum atomic E-state index is -1.97. The van der Waals surface area contributed by atoms with Gasteiger partial charge in [-0.25, -0.2) is 4.79 Å². The van der Waals surface area contributed by atoms with E-state index >= 15 is 0 Å². The van der Waals surface area contributed by atoms with Crippen LogP contribution in [-0.2, 0) is 9.59 Å². The van der Waals surface area contributed by atoms with Crippen LogP contribution in [0.2, 0.25) is 0 Å². The van der Waals surface area contributed by atoms with Gasteiger partial charge in [-0.15, -0.1) is 11.3 Å². The van der Waals surface area contributed by atoms with E-state index < -0.39 is 17.8 Å². The minimum Gasteiger partial charge on any atom is -0.540 e.